The molecule has 0 radical (unpaired) electrons. The Kier molecular flexibility index (Phi) is 3.36. The molecule has 0 fully saturated rings. The zero-order valence-electron chi connectivity index (χ0n) is 8.89. The number of anilines is 1. The van der Waals surface area contributed by atoms with Crippen LogP contribution in [0.3, 0.4) is 0 Å². The van der Waals surface area contributed by atoms with Gasteiger partial charge >= 0.3 is 0 Å². The van der Waals surface area contributed by atoms with Gasteiger partial charge in [0.2, 0.25) is 0 Å². The van der Waals surface area contributed by atoms with E-state index in [9.17, 15) is 0 Å². The van der Waals surface area contributed by atoms with Crippen molar-refractivity contribution >= 4 is 17.3 Å². The lowest BCUT2D eigenvalue weighted by molar-refractivity contribution is 0.788. The van der Waals surface area contributed by atoms with E-state index in [0.29, 0.717) is 5.15 Å². The van der Waals surface area contributed by atoms with E-state index in [1.165, 1.54) is 0 Å². The third-order valence-electron chi connectivity index (χ3n) is 2.21. The monoisotopic (exact) mass is 237 g/mol. The number of aryl methyl sites for hydroxylation is 1. The van der Waals surface area contributed by atoms with Crippen molar-refractivity contribution in [2.45, 2.75) is 6.42 Å². The molecule has 0 bridgehead atoms. The Bertz CT molecular complexity index is 468. The fourth-order valence-corrected chi connectivity index (χ4v) is 1.54. The lowest BCUT2D eigenvalue weighted by atomic mass is 10.3. The topological polar surface area (TPSA) is 55.6 Å². The van der Waals surface area contributed by atoms with Crippen molar-refractivity contribution < 1.29 is 0 Å². The average molecular weight is 238 g/mol. The number of nitrogens with one attached hydrogen (secondary N) is 1. The summed E-state index contributed by atoms with van der Waals surface area (Å²) in [6.45, 7) is 0.785. The molecule has 6 heteroatoms. The van der Waals surface area contributed by atoms with Crippen LogP contribution in [0.25, 0.3) is 0 Å². The summed E-state index contributed by atoms with van der Waals surface area (Å²) in [6.07, 6.45) is 4.18. The molecule has 2 rings (SSSR count). The molecule has 1 N–H and O–H groups in total. The zero-order valence-corrected chi connectivity index (χ0v) is 9.65. The van der Waals surface area contributed by atoms with E-state index in [0.717, 1.165) is 24.5 Å². The van der Waals surface area contributed by atoms with Crippen LogP contribution in [0.5, 0.6) is 0 Å². The zero-order chi connectivity index (χ0) is 11.4. The standard InChI is InChI=1S/C10H12ClN5/c1-16-7-14-15-10(16)3-5-12-8-2-4-13-9(11)6-8/h2,4,6-7H,3,5H2,1H3,(H,12,13). The SMILES string of the molecule is Cn1cnnc1CCNc1ccnc(Cl)c1. The van der Waals surface area contributed by atoms with Gasteiger partial charge < -0.3 is 9.88 Å². The summed E-state index contributed by atoms with van der Waals surface area (Å²) in [5.41, 5.74) is 0.960. The molecule has 2 aromatic heterocycles. The van der Waals surface area contributed by atoms with Crippen LogP contribution in [0.2, 0.25) is 5.15 Å². The highest BCUT2D eigenvalue weighted by atomic mass is 35.5. The smallest absolute Gasteiger partial charge is 0.134 e. The number of nitrogens with zero attached hydrogens (tertiary/aromatic N) is 4. The third-order valence-corrected chi connectivity index (χ3v) is 2.42. The first-order chi connectivity index (χ1) is 7.75. The molecule has 0 aliphatic rings. The van der Waals surface area contributed by atoms with Gasteiger partial charge in [-0.05, 0) is 12.1 Å². The summed E-state index contributed by atoms with van der Waals surface area (Å²) in [4.78, 5) is 3.91. The number of hydrogen-bond acceptors (Lipinski definition) is 4. The van der Waals surface area contributed by atoms with Gasteiger partial charge in [0.1, 0.15) is 17.3 Å². The first-order valence-electron chi connectivity index (χ1n) is 4.94. The number of aromatic nitrogens is 4. The predicted octanol–water partition coefficient (Wildman–Crippen LogP) is 1.52. The fourth-order valence-electron chi connectivity index (χ4n) is 1.36. The van der Waals surface area contributed by atoms with E-state index in [1.54, 1.807) is 18.6 Å². The number of hydrogen-bond donors (Lipinski definition) is 1. The van der Waals surface area contributed by atoms with Crippen molar-refractivity contribution in [3.05, 3.63) is 35.6 Å². The van der Waals surface area contributed by atoms with Crippen molar-refractivity contribution in [1.29, 1.82) is 0 Å². The van der Waals surface area contributed by atoms with Gasteiger partial charge in [-0.1, -0.05) is 11.6 Å². The highest BCUT2D eigenvalue weighted by Crippen LogP contribution is 2.11. The van der Waals surface area contributed by atoms with Crippen LogP contribution in [-0.4, -0.2) is 26.3 Å². The second kappa shape index (κ2) is 4.94. The number of rotatable bonds is 4. The largest absolute Gasteiger partial charge is 0.384 e. The van der Waals surface area contributed by atoms with Gasteiger partial charge in [0.15, 0.2) is 0 Å². The third kappa shape index (κ3) is 2.70. The van der Waals surface area contributed by atoms with Gasteiger partial charge in [-0.25, -0.2) is 4.98 Å². The number of pyridine rings is 1. The lowest BCUT2D eigenvalue weighted by Gasteiger charge is -2.05. The van der Waals surface area contributed by atoms with Crippen molar-refractivity contribution in [3.8, 4) is 0 Å². The molecule has 0 amide bonds. The van der Waals surface area contributed by atoms with Crippen molar-refractivity contribution in [2.24, 2.45) is 7.05 Å². The van der Waals surface area contributed by atoms with Gasteiger partial charge in [-0.3, -0.25) is 0 Å². The van der Waals surface area contributed by atoms with Gasteiger partial charge in [0, 0.05) is 31.9 Å². The molecule has 0 saturated heterocycles. The van der Waals surface area contributed by atoms with Crippen LogP contribution in [0, 0.1) is 0 Å². The Hall–Kier alpha value is -1.62. The molecule has 0 unspecified atom stereocenters. The number of halogens is 1. The molecule has 5 nitrogen and oxygen atoms in total. The van der Waals surface area contributed by atoms with Crippen LogP contribution < -0.4 is 5.32 Å². The van der Waals surface area contributed by atoms with E-state index in [2.05, 4.69) is 20.5 Å². The molecule has 16 heavy (non-hydrogen) atoms. The van der Waals surface area contributed by atoms with E-state index < -0.39 is 0 Å². The van der Waals surface area contributed by atoms with Gasteiger partial charge in [-0.15, -0.1) is 10.2 Å². The Morgan fingerprint density at radius 2 is 2.38 bits per heavy atom. The average Bonchev–Trinajstić information content (AvgIpc) is 2.65. The van der Waals surface area contributed by atoms with Crippen LogP contribution in [0.4, 0.5) is 5.69 Å². The molecule has 2 aromatic rings. The van der Waals surface area contributed by atoms with Crippen LogP contribution in [0.15, 0.2) is 24.7 Å². The van der Waals surface area contributed by atoms with Crippen molar-refractivity contribution in [3.63, 3.8) is 0 Å². The minimum absolute atomic E-state index is 0.489. The molecule has 0 aliphatic heterocycles. The Morgan fingerprint density at radius 1 is 1.50 bits per heavy atom. The Morgan fingerprint density at radius 3 is 3.06 bits per heavy atom. The summed E-state index contributed by atoms with van der Waals surface area (Å²) in [5, 5.41) is 11.5. The van der Waals surface area contributed by atoms with Crippen molar-refractivity contribution in [2.75, 3.05) is 11.9 Å². The maximum atomic E-state index is 5.77. The fraction of sp³-hybridized carbons (Fsp3) is 0.300. The first-order valence-corrected chi connectivity index (χ1v) is 5.32. The maximum Gasteiger partial charge on any atom is 0.134 e. The molecule has 0 saturated carbocycles. The van der Waals surface area contributed by atoms with E-state index in [4.69, 9.17) is 11.6 Å². The van der Waals surface area contributed by atoms with Crippen LogP contribution in [-0.2, 0) is 13.5 Å². The van der Waals surface area contributed by atoms with Gasteiger partial charge in [0.05, 0.1) is 0 Å². The van der Waals surface area contributed by atoms with Crippen LogP contribution in [0.1, 0.15) is 5.82 Å². The molecule has 84 valence electrons. The highest BCUT2D eigenvalue weighted by molar-refractivity contribution is 6.29. The van der Waals surface area contributed by atoms with Crippen LogP contribution >= 0.6 is 11.6 Å². The maximum absolute atomic E-state index is 5.77. The second-order valence-corrected chi connectivity index (χ2v) is 3.79. The van der Waals surface area contributed by atoms with Gasteiger partial charge in [-0.2, -0.15) is 0 Å². The molecule has 0 aliphatic carbocycles. The lowest BCUT2D eigenvalue weighted by Crippen LogP contribution is -2.08. The highest BCUT2D eigenvalue weighted by Gasteiger charge is 2.00. The van der Waals surface area contributed by atoms with E-state index in [1.807, 2.05) is 17.7 Å². The minimum atomic E-state index is 0.489. The normalized spacial score (nSPS) is 10.4. The van der Waals surface area contributed by atoms with E-state index >= 15 is 0 Å². The predicted molar refractivity (Wildman–Crippen MR) is 62.4 cm³/mol. The molecule has 0 atom stereocenters. The van der Waals surface area contributed by atoms with E-state index in [-0.39, 0.29) is 0 Å². The second-order valence-electron chi connectivity index (χ2n) is 3.40. The molecular formula is C10H12ClN5. The summed E-state index contributed by atoms with van der Waals surface area (Å²) in [7, 11) is 1.93. The summed E-state index contributed by atoms with van der Waals surface area (Å²) >= 11 is 5.77. The quantitative estimate of drug-likeness (QED) is 0.820. The minimum Gasteiger partial charge on any atom is -0.384 e. The Balaban J connectivity index is 1.87. The van der Waals surface area contributed by atoms with Crippen molar-refractivity contribution in [1.82, 2.24) is 19.7 Å². The molecular weight excluding hydrogens is 226 g/mol. The molecule has 2 heterocycles. The van der Waals surface area contributed by atoms with Gasteiger partial charge in [0.25, 0.3) is 0 Å². The summed E-state index contributed by atoms with van der Waals surface area (Å²) < 4.78 is 1.90. The summed E-state index contributed by atoms with van der Waals surface area (Å²) in [5.74, 6) is 0.952. The molecule has 0 spiro atoms. The first kappa shape index (κ1) is 10.9. The molecule has 0 aromatic carbocycles. The summed E-state index contributed by atoms with van der Waals surface area (Å²) in [6, 6.07) is 3.67. The Labute approximate surface area is 98.5 Å².